The largest absolute Gasteiger partial charge is 0.302 e. The summed E-state index contributed by atoms with van der Waals surface area (Å²) in [6.07, 6.45) is 4.53. The van der Waals surface area contributed by atoms with E-state index in [-0.39, 0.29) is 18.0 Å². The summed E-state index contributed by atoms with van der Waals surface area (Å²) in [6.45, 7) is 6.99. The molecular formula is C60H51N. The molecule has 9 aromatic rings. The van der Waals surface area contributed by atoms with Crippen molar-refractivity contribution in [3.8, 4) is 44.5 Å². The van der Waals surface area contributed by atoms with Crippen LogP contribution in [0.2, 0.25) is 0 Å². The lowest BCUT2D eigenvalue weighted by Crippen LogP contribution is -2.33. The van der Waals surface area contributed by atoms with Crippen molar-refractivity contribution in [1.82, 2.24) is 5.32 Å². The molecule has 0 saturated carbocycles. The summed E-state index contributed by atoms with van der Waals surface area (Å²) in [5, 5.41) is 9.48. The van der Waals surface area contributed by atoms with E-state index in [0.29, 0.717) is 0 Å². The normalized spacial score (nSPS) is 17.7. The van der Waals surface area contributed by atoms with E-state index in [0.717, 1.165) is 12.8 Å². The van der Waals surface area contributed by atoms with Gasteiger partial charge in [0, 0.05) is 18.0 Å². The molecule has 1 heterocycles. The number of hydrogen-bond acceptors (Lipinski definition) is 1. The van der Waals surface area contributed by atoms with E-state index in [4.69, 9.17) is 0 Å². The fourth-order valence-electron chi connectivity index (χ4n) is 10.0. The van der Waals surface area contributed by atoms with Crippen molar-refractivity contribution < 1.29 is 0 Å². The van der Waals surface area contributed by atoms with Crippen LogP contribution in [-0.4, -0.2) is 0 Å². The standard InChI is InChI=1S/C60H51N/c1-40-37-49(44-31-33-46(34-32-44)54-29-15-22-45-19-10-11-25-53(45)54)35-36-51(40)59-41(2)38-57(55-26-12-13-27-56(55)59)58-30-16-28-52(42(3)60(61-58)47-20-8-5-9-21-47)50-24-14-23-48(39-50)43-17-6-4-7-18-43/h4-15,17-29,31-39,42,58,60-61H,16,30H2,1-3H3/b52-28+. The second kappa shape index (κ2) is 16.7. The van der Waals surface area contributed by atoms with Crippen LogP contribution in [0, 0.1) is 19.8 Å². The van der Waals surface area contributed by atoms with Gasteiger partial charge in [-0.05, 0) is 132 Å². The molecule has 3 unspecified atom stereocenters. The summed E-state index contributed by atoms with van der Waals surface area (Å²) in [4.78, 5) is 0. The van der Waals surface area contributed by atoms with Gasteiger partial charge >= 0.3 is 0 Å². The predicted octanol–water partition coefficient (Wildman–Crippen LogP) is 16.2. The zero-order valence-electron chi connectivity index (χ0n) is 35.3. The van der Waals surface area contributed by atoms with Crippen LogP contribution >= 0.6 is 0 Å². The molecule has 0 aliphatic carbocycles. The molecule has 0 spiro atoms. The van der Waals surface area contributed by atoms with Gasteiger partial charge in [0.05, 0.1) is 0 Å². The number of nitrogens with one attached hydrogen (secondary N) is 1. The van der Waals surface area contributed by atoms with Gasteiger partial charge in [0.1, 0.15) is 0 Å². The minimum atomic E-state index is 0.132. The molecule has 9 aromatic carbocycles. The fourth-order valence-corrected chi connectivity index (χ4v) is 10.0. The topological polar surface area (TPSA) is 12.0 Å². The molecule has 1 aliphatic rings. The van der Waals surface area contributed by atoms with E-state index < -0.39 is 0 Å². The first-order valence-electron chi connectivity index (χ1n) is 21.9. The molecule has 0 saturated heterocycles. The highest BCUT2D eigenvalue weighted by Gasteiger charge is 2.30. The lowest BCUT2D eigenvalue weighted by Gasteiger charge is -2.35. The Bertz CT molecular complexity index is 3020. The number of aryl methyl sites for hydroxylation is 2. The SMILES string of the molecule is Cc1cc(-c2ccc(-c3cccc4ccccc34)cc2)ccc1-c1c(C)cc(C2CC/C=C(/c3cccc(-c4ccccc4)c3)C(C)C(c3ccccc3)N2)c2ccccc12. The maximum absolute atomic E-state index is 4.28. The monoisotopic (exact) mass is 785 g/mol. The highest BCUT2D eigenvalue weighted by atomic mass is 15.0. The van der Waals surface area contributed by atoms with Gasteiger partial charge in [-0.25, -0.2) is 0 Å². The Morgan fingerprint density at radius 1 is 0.443 bits per heavy atom. The van der Waals surface area contributed by atoms with Gasteiger partial charge in [-0.2, -0.15) is 0 Å². The third-order valence-corrected chi connectivity index (χ3v) is 13.1. The van der Waals surface area contributed by atoms with Gasteiger partial charge < -0.3 is 5.32 Å². The van der Waals surface area contributed by atoms with Crippen molar-refractivity contribution in [1.29, 1.82) is 0 Å². The number of benzene rings is 9. The fraction of sp³-hybridized carbons (Fsp3) is 0.133. The third-order valence-electron chi connectivity index (χ3n) is 13.1. The number of allylic oxidation sites excluding steroid dienone is 1. The third kappa shape index (κ3) is 7.52. The molecule has 0 fully saturated rings. The van der Waals surface area contributed by atoms with Crippen molar-refractivity contribution in [2.24, 2.45) is 5.92 Å². The van der Waals surface area contributed by atoms with Gasteiger partial charge in [0.25, 0.3) is 0 Å². The number of hydrogen-bond donors (Lipinski definition) is 1. The quantitative estimate of drug-likeness (QED) is 0.170. The Morgan fingerprint density at radius 2 is 1.03 bits per heavy atom. The molecule has 1 heteroatoms. The van der Waals surface area contributed by atoms with Gasteiger partial charge in [-0.15, -0.1) is 0 Å². The average Bonchev–Trinajstić information content (AvgIpc) is 3.31. The Kier molecular flexibility index (Phi) is 10.5. The lowest BCUT2D eigenvalue weighted by molar-refractivity contribution is 0.373. The van der Waals surface area contributed by atoms with Crippen LogP contribution in [0.4, 0.5) is 0 Å². The molecule has 1 aliphatic heterocycles. The summed E-state index contributed by atoms with van der Waals surface area (Å²) in [7, 11) is 0. The maximum Gasteiger partial charge on any atom is 0.0392 e. The zero-order valence-corrected chi connectivity index (χ0v) is 35.3. The molecule has 0 aromatic heterocycles. The molecule has 0 bridgehead atoms. The van der Waals surface area contributed by atoms with Crippen molar-refractivity contribution >= 4 is 27.1 Å². The van der Waals surface area contributed by atoms with Crippen molar-refractivity contribution in [2.75, 3.05) is 0 Å². The van der Waals surface area contributed by atoms with E-state index in [9.17, 15) is 0 Å². The summed E-state index contributed by atoms with van der Waals surface area (Å²) in [5.74, 6) is 0.249. The highest BCUT2D eigenvalue weighted by Crippen LogP contribution is 2.44. The number of fused-ring (bicyclic) bond motifs is 2. The minimum Gasteiger partial charge on any atom is -0.302 e. The van der Waals surface area contributed by atoms with Crippen LogP contribution < -0.4 is 5.32 Å². The molecule has 0 amide bonds. The second-order valence-corrected chi connectivity index (χ2v) is 16.9. The smallest absolute Gasteiger partial charge is 0.0392 e. The lowest BCUT2D eigenvalue weighted by atomic mass is 9.80. The van der Waals surface area contributed by atoms with Gasteiger partial charge in [0.15, 0.2) is 0 Å². The van der Waals surface area contributed by atoms with Crippen LogP contribution in [0.5, 0.6) is 0 Å². The van der Waals surface area contributed by atoms with Crippen LogP contribution in [0.15, 0.2) is 206 Å². The van der Waals surface area contributed by atoms with E-state index in [1.54, 1.807) is 0 Å². The minimum absolute atomic E-state index is 0.132. The Hall–Kier alpha value is -6.80. The molecule has 3 atom stereocenters. The Morgan fingerprint density at radius 3 is 1.82 bits per heavy atom. The average molecular weight is 786 g/mol. The molecule has 1 N–H and O–H groups in total. The molecular weight excluding hydrogens is 735 g/mol. The molecule has 296 valence electrons. The first-order chi connectivity index (χ1) is 30.0. The Balaban J connectivity index is 0.986. The molecule has 1 nitrogen and oxygen atoms in total. The summed E-state index contributed by atoms with van der Waals surface area (Å²) >= 11 is 0. The first kappa shape index (κ1) is 38.4. The van der Waals surface area contributed by atoms with Crippen LogP contribution in [-0.2, 0) is 0 Å². The van der Waals surface area contributed by atoms with E-state index in [1.807, 2.05) is 0 Å². The highest BCUT2D eigenvalue weighted by molar-refractivity contribution is 6.01. The van der Waals surface area contributed by atoms with E-state index in [2.05, 4.69) is 232 Å². The summed E-state index contributed by atoms with van der Waals surface area (Å²) < 4.78 is 0. The molecule has 0 radical (unpaired) electrons. The van der Waals surface area contributed by atoms with E-state index in [1.165, 1.54) is 99.4 Å². The molecule has 61 heavy (non-hydrogen) atoms. The van der Waals surface area contributed by atoms with Crippen molar-refractivity contribution in [2.45, 2.75) is 45.7 Å². The first-order valence-corrected chi connectivity index (χ1v) is 21.9. The predicted molar refractivity (Wildman–Crippen MR) is 261 cm³/mol. The van der Waals surface area contributed by atoms with E-state index >= 15 is 0 Å². The van der Waals surface area contributed by atoms with Crippen molar-refractivity contribution in [3.05, 3.63) is 234 Å². The van der Waals surface area contributed by atoms with Crippen LogP contribution in [0.25, 0.3) is 71.6 Å². The van der Waals surface area contributed by atoms with Crippen LogP contribution in [0.1, 0.15) is 59.7 Å². The Labute approximate surface area is 361 Å². The second-order valence-electron chi connectivity index (χ2n) is 16.9. The van der Waals surface area contributed by atoms with Crippen LogP contribution in [0.3, 0.4) is 0 Å². The van der Waals surface area contributed by atoms with Gasteiger partial charge in [-0.3, -0.25) is 0 Å². The molecule has 10 rings (SSSR count). The van der Waals surface area contributed by atoms with Gasteiger partial charge in [0.2, 0.25) is 0 Å². The number of rotatable bonds is 7. The summed E-state index contributed by atoms with van der Waals surface area (Å²) in [5.41, 5.74) is 18.1. The van der Waals surface area contributed by atoms with Gasteiger partial charge in [-0.1, -0.05) is 207 Å². The summed E-state index contributed by atoms with van der Waals surface area (Å²) in [6, 6.07) is 74.1. The zero-order chi connectivity index (χ0) is 41.3. The van der Waals surface area contributed by atoms with Crippen molar-refractivity contribution in [3.63, 3.8) is 0 Å². The maximum atomic E-state index is 4.28.